The van der Waals surface area contributed by atoms with Gasteiger partial charge in [0.25, 0.3) is 0 Å². The Labute approximate surface area is 231 Å². The van der Waals surface area contributed by atoms with E-state index < -0.39 is 22.7 Å². The van der Waals surface area contributed by atoms with Gasteiger partial charge in [-0.05, 0) is 53.9 Å². The maximum absolute atomic E-state index is 14.8. The monoisotopic (exact) mass is 536 g/mol. The van der Waals surface area contributed by atoms with Gasteiger partial charge in [0, 0.05) is 16.9 Å². The van der Waals surface area contributed by atoms with Gasteiger partial charge in [0.1, 0.15) is 16.5 Å². The van der Waals surface area contributed by atoms with Crippen molar-refractivity contribution in [1.82, 2.24) is 4.98 Å². The van der Waals surface area contributed by atoms with Crippen molar-refractivity contribution in [1.29, 1.82) is 0 Å². The molecule has 1 aromatic heterocycles. The molecule has 0 radical (unpaired) electrons. The summed E-state index contributed by atoms with van der Waals surface area (Å²) in [5.74, 6) is -2.38. The Balaban J connectivity index is 1.62. The van der Waals surface area contributed by atoms with Gasteiger partial charge in [-0.1, -0.05) is 78.3 Å². The maximum Gasteiger partial charge on any atom is 0.318 e. The van der Waals surface area contributed by atoms with Crippen LogP contribution in [0.2, 0.25) is 5.02 Å². The molecule has 2 heterocycles. The van der Waals surface area contributed by atoms with E-state index in [9.17, 15) is 14.4 Å². The highest BCUT2D eigenvalue weighted by molar-refractivity contribution is 6.30. The number of hydrogen-bond donors (Lipinski definition) is 0. The largest absolute Gasteiger partial charge is 0.465 e. The van der Waals surface area contributed by atoms with Gasteiger partial charge in [-0.3, -0.25) is 19.4 Å². The van der Waals surface area contributed by atoms with Crippen LogP contribution in [0.1, 0.15) is 34.1 Å². The molecule has 1 fully saturated rings. The van der Waals surface area contributed by atoms with E-state index in [4.69, 9.17) is 16.3 Å². The van der Waals surface area contributed by atoms with Crippen molar-refractivity contribution in [2.45, 2.75) is 24.3 Å². The van der Waals surface area contributed by atoms with E-state index in [2.05, 4.69) is 4.98 Å². The van der Waals surface area contributed by atoms with E-state index in [0.29, 0.717) is 28.4 Å². The standard InChI is InChI=1S/C32H25ClN2O4/c1-2-39-30(38)31(22-15-17-23(33)18-16-22)28(27(36)25-13-8-9-19-34-25)32(31)24-12-6-7-14-26(24)35(29(32)37)20-21-10-4-3-5-11-21/h3-19,28H,2,20H2,1H3/t28-,31+,32?/m1/s1. The highest BCUT2D eigenvalue weighted by Crippen LogP contribution is 2.75. The number of hydrogen-bond acceptors (Lipinski definition) is 5. The van der Waals surface area contributed by atoms with Crippen molar-refractivity contribution in [3.05, 3.63) is 131 Å². The second kappa shape index (κ2) is 9.47. The average molecular weight is 537 g/mol. The first kappa shape index (κ1) is 25.0. The van der Waals surface area contributed by atoms with Crippen LogP contribution in [0.5, 0.6) is 0 Å². The van der Waals surface area contributed by atoms with Crippen LogP contribution in [0.15, 0.2) is 103 Å². The molecule has 0 saturated heterocycles. The molecular formula is C32H25ClN2O4. The van der Waals surface area contributed by atoms with Crippen molar-refractivity contribution in [3.8, 4) is 0 Å². The predicted molar refractivity (Wildman–Crippen MR) is 148 cm³/mol. The maximum atomic E-state index is 14.8. The summed E-state index contributed by atoms with van der Waals surface area (Å²) < 4.78 is 5.66. The van der Waals surface area contributed by atoms with Crippen LogP contribution in [-0.2, 0) is 31.7 Å². The summed E-state index contributed by atoms with van der Waals surface area (Å²) in [6, 6.07) is 28.8. The molecular weight excluding hydrogens is 512 g/mol. The average Bonchev–Trinajstić information content (AvgIpc) is 3.55. The molecule has 0 bridgehead atoms. The number of para-hydroxylation sites is 1. The third kappa shape index (κ3) is 3.48. The number of pyridine rings is 1. The van der Waals surface area contributed by atoms with Crippen LogP contribution in [-0.4, -0.2) is 29.3 Å². The van der Waals surface area contributed by atoms with Crippen molar-refractivity contribution in [2.24, 2.45) is 5.92 Å². The number of aromatic nitrogens is 1. The summed E-state index contributed by atoms with van der Waals surface area (Å²) in [4.78, 5) is 49.2. The lowest BCUT2D eigenvalue weighted by Crippen LogP contribution is -2.40. The topological polar surface area (TPSA) is 76.6 Å². The van der Waals surface area contributed by atoms with Crippen molar-refractivity contribution in [3.63, 3.8) is 0 Å². The molecule has 194 valence electrons. The molecule has 1 aliphatic carbocycles. The van der Waals surface area contributed by atoms with Gasteiger partial charge in [0.05, 0.1) is 19.1 Å². The van der Waals surface area contributed by atoms with Gasteiger partial charge < -0.3 is 9.64 Å². The molecule has 2 aliphatic rings. The molecule has 4 aromatic rings. The minimum atomic E-state index is -1.60. The zero-order valence-corrected chi connectivity index (χ0v) is 22.0. The number of fused-ring (bicyclic) bond motifs is 2. The number of benzene rings is 3. The number of carbonyl (C=O) groups is 3. The Kier molecular flexibility index (Phi) is 6.07. The number of rotatable bonds is 7. The summed E-state index contributed by atoms with van der Waals surface area (Å²) in [5, 5.41) is 0.476. The Bertz CT molecular complexity index is 1580. The molecule has 3 aromatic carbocycles. The fraction of sp³-hybridized carbons (Fsp3) is 0.188. The number of carbonyl (C=O) groups excluding carboxylic acids is 3. The summed E-state index contributed by atoms with van der Waals surface area (Å²) in [6.07, 6.45) is 1.53. The van der Waals surface area contributed by atoms with Crippen LogP contribution in [0, 0.1) is 5.92 Å². The summed E-state index contributed by atoms with van der Waals surface area (Å²) in [7, 11) is 0. The molecule has 7 heteroatoms. The minimum absolute atomic E-state index is 0.0956. The second-order valence-corrected chi connectivity index (χ2v) is 10.2. The lowest BCUT2D eigenvalue weighted by atomic mass is 9.82. The van der Waals surface area contributed by atoms with Gasteiger partial charge >= 0.3 is 5.97 Å². The normalized spacial score (nSPS) is 23.0. The number of amides is 1. The van der Waals surface area contributed by atoms with E-state index in [1.807, 2.05) is 54.6 Å². The Hall–Kier alpha value is -4.29. The van der Waals surface area contributed by atoms with Crippen LogP contribution >= 0.6 is 11.6 Å². The van der Waals surface area contributed by atoms with Crippen molar-refractivity contribution >= 4 is 34.9 Å². The zero-order valence-electron chi connectivity index (χ0n) is 21.2. The molecule has 1 spiro atoms. The Morgan fingerprint density at radius 3 is 2.31 bits per heavy atom. The number of halogens is 1. The summed E-state index contributed by atoms with van der Waals surface area (Å²) >= 11 is 6.22. The highest BCUT2D eigenvalue weighted by atomic mass is 35.5. The second-order valence-electron chi connectivity index (χ2n) is 9.75. The quantitative estimate of drug-likeness (QED) is 0.229. The first-order valence-corrected chi connectivity index (χ1v) is 13.2. The lowest BCUT2D eigenvalue weighted by Gasteiger charge is -2.22. The highest BCUT2D eigenvalue weighted by Gasteiger charge is 2.90. The molecule has 1 unspecified atom stereocenters. The van der Waals surface area contributed by atoms with Crippen LogP contribution < -0.4 is 4.90 Å². The first-order chi connectivity index (χ1) is 19.0. The Morgan fingerprint density at radius 2 is 1.62 bits per heavy atom. The molecule has 6 nitrogen and oxygen atoms in total. The Morgan fingerprint density at radius 1 is 0.923 bits per heavy atom. The number of ether oxygens (including phenoxy) is 1. The van der Waals surface area contributed by atoms with Crippen LogP contribution in [0.25, 0.3) is 0 Å². The third-order valence-corrected chi connectivity index (χ3v) is 8.12. The van der Waals surface area contributed by atoms with Crippen LogP contribution in [0.4, 0.5) is 5.69 Å². The molecule has 3 atom stereocenters. The lowest BCUT2D eigenvalue weighted by molar-refractivity contribution is -0.148. The fourth-order valence-electron chi connectivity index (χ4n) is 6.34. The molecule has 0 N–H and O–H groups in total. The fourth-order valence-corrected chi connectivity index (χ4v) is 6.46. The first-order valence-electron chi connectivity index (χ1n) is 12.8. The molecule has 1 saturated carbocycles. The number of Topliss-reactive ketones (excluding diaryl/α,β-unsaturated/α-hetero) is 1. The molecule has 1 aliphatic heterocycles. The molecule has 1 amide bonds. The number of ketones is 1. The number of esters is 1. The summed E-state index contributed by atoms with van der Waals surface area (Å²) in [6.45, 7) is 2.10. The van der Waals surface area contributed by atoms with Gasteiger partial charge in [-0.2, -0.15) is 0 Å². The third-order valence-electron chi connectivity index (χ3n) is 7.87. The smallest absolute Gasteiger partial charge is 0.318 e. The van der Waals surface area contributed by atoms with E-state index in [1.54, 1.807) is 54.3 Å². The van der Waals surface area contributed by atoms with Crippen molar-refractivity contribution in [2.75, 3.05) is 11.5 Å². The van der Waals surface area contributed by atoms with Gasteiger partial charge in [-0.25, -0.2) is 0 Å². The van der Waals surface area contributed by atoms with Crippen molar-refractivity contribution < 1.29 is 19.1 Å². The van der Waals surface area contributed by atoms with E-state index in [1.165, 1.54) is 6.20 Å². The molecule has 39 heavy (non-hydrogen) atoms. The minimum Gasteiger partial charge on any atom is -0.465 e. The van der Waals surface area contributed by atoms with Gasteiger partial charge in [0.2, 0.25) is 5.91 Å². The number of anilines is 1. The van der Waals surface area contributed by atoms with Crippen LogP contribution in [0.3, 0.4) is 0 Å². The van der Waals surface area contributed by atoms with Gasteiger partial charge in [-0.15, -0.1) is 0 Å². The van der Waals surface area contributed by atoms with E-state index >= 15 is 0 Å². The molecule has 6 rings (SSSR count). The SMILES string of the molecule is CCOC(=O)[C@]1(c2ccc(Cl)cc2)[C@@H](C(=O)c2ccccn2)C12C(=O)N(Cc1ccccc1)c1ccccc12. The predicted octanol–water partition coefficient (Wildman–Crippen LogP) is 5.53. The summed E-state index contributed by atoms with van der Waals surface area (Å²) in [5.41, 5.74) is -0.181. The zero-order chi connectivity index (χ0) is 27.2. The van der Waals surface area contributed by atoms with E-state index in [0.717, 1.165) is 5.56 Å². The van der Waals surface area contributed by atoms with E-state index in [-0.39, 0.29) is 24.0 Å². The van der Waals surface area contributed by atoms with Gasteiger partial charge in [0.15, 0.2) is 5.78 Å². The number of nitrogens with zero attached hydrogens (tertiary/aromatic N) is 2.